The zero-order chi connectivity index (χ0) is 12.7. The summed E-state index contributed by atoms with van der Waals surface area (Å²) in [6.07, 6.45) is 0. The normalized spacial score (nSPS) is 11.1. The molecule has 0 aliphatic carbocycles. The minimum absolute atomic E-state index is 0.584. The second-order valence-corrected chi connectivity index (χ2v) is 4.42. The van der Waals surface area contributed by atoms with E-state index in [0.717, 1.165) is 23.0 Å². The highest BCUT2D eigenvalue weighted by Crippen LogP contribution is 2.29. The molecule has 0 saturated heterocycles. The third-order valence-corrected chi connectivity index (χ3v) is 3.17. The summed E-state index contributed by atoms with van der Waals surface area (Å²) in [5.41, 5.74) is 2.15. The molecule has 0 amide bonds. The first-order valence-electron chi connectivity index (χ1n) is 5.38. The van der Waals surface area contributed by atoms with Gasteiger partial charge in [-0.25, -0.2) is 8.78 Å². The fourth-order valence-corrected chi connectivity index (χ4v) is 2.17. The van der Waals surface area contributed by atoms with Gasteiger partial charge < -0.3 is 4.98 Å². The molecule has 0 bridgehead atoms. The Hall–Kier alpha value is -1.87. The van der Waals surface area contributed by atoms with Gasteiger partial charge in [0.15, 0.2) is 11.6 Å². The molecule has 0 unspecified atom stereocenters. The molecule has 1 N–H and O–H groups in total. The molecule has 0 fully saturated rings. The molecule has 3 aromatic rings. The summed E-state index contributed by atoms with van der Waals surface area (Å²) in [6, 6.07) is 11.1. The number of halogens is 3. The molecular weight excluding hydrogens is 256 g/mol. The van der Waals surface area contributed by atoms with Crippen LogP contribution >= 0.6 is 11.6 Å². The van der Waals surface area contributed by atoms with Crippen molar-refractivity contribution in [1.29, 1.82) is 0 Å². The molecule has 0 aliphatic heterocycles. The Bertz CT molecular complexity index is 734. The lowest BCUT2D eigenvalue weighted by molar-refractivity contribution is 0.509. The second kappa shape index (κ2) is 4.10. The van der Waals surface area contributed by atoms with Gasteiger partial charge >= 0.3 is 0 Å². The van der Waals surface area contributed by atoms with E-state index in [9.17, 15) is 8.78 Å². The maximum Gasteiger partial charge on any atom is 0.159 e. The topological polar surface area (TPSA) is 15.8 Å². The summed E-state index contributed by atoms with van der Waals surface area (Å²) in [4.78, 5) is 3.13. The highest BCUT2D eigenvalue weighted by molar-refractivity contribution is 6.35. The number of hydrogen-bond donors (Lipinski definition) is 1. The van der Waals surface area contributed by atoms with E-state index in [1.54, 1.807) is 6.07 Å². The molecule has 1 nitrogen and oxygen atoms in total. The first-order valence-corrected chi connectivity index (χ1v) is 5.75. The number of aromatic amines is 1. The third kappa shape index (κ3) is 1.77. The summed E-state index contributed by atoms with van der Waals surface area (Å²) < 4.78 is 26.1. The number of rotatable bonds is 1. The van der Waals surface area contributed by atoms with E-state index in [2.05, 4.69) is 4.98 Å². The van der Waals surface area contributed by atoms with Gasteiger partial charge in [0.1, 0.15) is 0 Å². The number of benzene rings is 2. The van der Waals surface area contributed by atoms with Crippen LogP contribution in [0.5, 0.6) is 0 Å². The number of fused-ring (bicyclic) bond motifs is 1. The number of nitrogens with one attached hydrogen (secondary N) is 1. The van der Waals surface area contributed by atoms with Crippen molar-refractivity contribution >= 4 is 22.5 Å². The van der Waals surface area contributed by atoms with Crippen molar-refractivity contribution in [3.05, 3.63) is 59.1 Å². The minimum Gasteiger partial charge on any atom is -0.354 e. The van der Waals surface area contributed by atoms with Crippen molar-refractivity contribution < 1.29 is 8.78 Å². The molecule has 0 atom stereocenters. The van der Waals surface area contributed by atoms with Gasteiger partial charge in [-0.15, -0.1) is 0 Å². The van der Waals surface area contributed by atoms with Crippen LogP contribution in [0.4, 0.5) is 8.78 Å². The maximum atomic E-state index is 13.2. The highest BCUT2D eigenvalue weighted by Gasteiger charge is 2.08. The minimum atomic E-state index is -0.864. The molecule has 0 aliphatic rings. The van der Waals surface area contributed by atoms with Crippen LogP contribution in [0.1, 0.15) is 0 Å². The van der Waals surface area contributed by atoms with E-state index in [1.807, 2.05) is 18.2 Å². The summed E-state index contributed by atoms with van der Waals surface area (Å²) in [7, 11) is 0. The first kappa shape index (κ1) is 11.2. The van der Waals surface area contributed by atoms with E-state index < -0.39 is 11.6 Å². The summed E-state index contributed by atoms with van der Waals surface area (Å²) in [5.74, 6) is -1.72. The molecule has 1 aromatic heterocycles. The van der Waals surface area contributed by atoms with Crippen molar-refractivity contribution in [3.63, 3.8) is 0 Å². The molecular formula is C14H8ClF2N. The molecule has 2 aromatic carbocycles. The van der Waals surface area contributed by atoms with Crippen LogP contribution in [0, 0.1) is 11.6 Å². The summed E-state index contributed by atoms with van der Waals surface area (Å²) in [6.45, 7) is 0. The SMILES string of the molecule is Fc1ccc(-c2cc3c(Cl)cccc3[nH]2)cc1F. The number of H-pyrrole nitrogens is 1. The molecule has 3 rings (SSSR count). The first-order chi connectivity index (χ1) is 8.65. The van der Waals surface area contributed by atoms with Crippen LogP contribution < -0.4 is 0 Å². The van der Waals surface area contributed by atoms with Gasteiger partial charge in [-0.3, -0.25) is 0 Å². The van der Waals surface area contributed by atoms with Gasteiger partial charge in [0.25, 0.3) is 0 Å². The van der Waals surface area contributed by atoms with Gasteiger partial charge in [-0.1, -0.05) is 17.7 Å². The van der Waals surface area contributed by atoms with E-state index in [1.165, 1.54) is 6.07 Å². The molecule has 4 heteroatoms. The predicted molar refractivity (Wildman–Crippen MR) is 68.7 cm³/mol. The lowest BCUT2D eigenvalue weighted by Gasteiger charge is -1.98. The lowest BCUT2D eigenvalue weighted by atomic mass is 10.1. The Kier molecular flexibility index (Phi) is 2.56. The van der Waals surface area contributed by atoms with Crippen LogP contribution in [-0.2, 0) is 0 Å². The average Bonchev–Trinajstić information content (AvgIpc) is 2.78. The highest BCUT2D eigenvalue weighted by atomic mass is 35.5. The van der Waals surface area contributed by atoms with Gasteiger partial charge in [0.2, 0.25) is 0 Å². The van der Waals surface area contributed by atoms with Gasteiger partial charge in [-0.05, 0) is 36.4 Å². The Morgan fingerprint density at radius 3 is 2.50 bits per heavy atom. The third-order valence-electron chi connectivity index (χ3n) is 2.84. The van der Waals surface area contributed by atoms with Crippen LogP contribution in [0.2, 0.25) is 5.02 Å². The Morgan fingerprint density at radius 1 is 0.944 bits per heavy atom. The van der Waals surface area contributed by atoms with E-state index in [0.29, 0.717) is 16.3 Å². The number of aromatic nitrogens is 1. The van der Waals surface area contributed by atoms with E-state index in [4.69, 9.17) is 11.6 Å². The maximum absolute atomic E-state index is 13.2. The van der Waals surface area contributed by atoms with Gasteiger partial charge in [0, 0.05) is 27.2 Å². The van der Waals surface area contributed by atoms with Crippen LogP contribution in [0.25, 0.3) is 22.2 Å². The van der Waals surface area contributed by atoms with E-state index >= 15 is 0 Å². The van der Waals surface area contributed by atoms with Crippen molar-refractivity contribution in [2.24, 2.45) is 0 Å². The van der Waals surface area contributed by atoms with E-state index in [-0.39, 0.29) is 0 Å². The van der Waals surface area contributed by atoms with Crippen molar-refractivity contribution in [3.8, 4) is 11.3 Å². The van der Waals surface area contributed by atoms with Crippen molar-refractivity contribution in [1.82, 2.24) is 4.98 Å². The smallest absolute Gasteiger partial charge is 0.159 e. The zero-order valence-corrected chi connectivity index (χ0v) is 9.93. The van der Waals surface area contributed by atoms with Crippen LogP contribution in [0.15, 0.2) is 42.5 Å². The summed E-state index contributed by atoms with van der Waals surface area (Å²) >= 11 is 6.06. The molecule has 0 radical (unpaired) electrons. The molecule has 18 heavy (non-hydrogen) atoms. The largest absolute Gasteiger partial charge is 0.354 e. The van der Waals surface area contributed by atoms with Crippen molar-refractivity contribution in [2.75, 3.05) is 0 Å². The molecule has 0 saturated carbocycles. The summed E-state index contributed by atoms with van der Waals surface area (Å²) in [5, 5.41) is 1.48. The molecule has 0 spiro atoms. The van der Waals surface area contributed by atoms with Crippen LogP contribution in [0.3, 0.4) is 0 Å². The Morgan fingerprint density at radius 2 is 1.78 bits per heavy atom. The Balaban J connectivity index is 2.19. The number of hydrogen-bond acceptors (Lipinski definition) is 0. The second-order valence-electron chi connectivity index (χ2n) is 4.01. The quantitative estimate of drug-likeness (QED) is 0.651. The van der Waals surface area contributed by atoms with Gasteiger partial charge in [-0.2, -0.15) is 0 Å². The van der Waals surface area contributed by atoms with Gasteiger partial charge in [0.05, 0.1) is 0 Å². The predicted octanol–water partition coefficient (Wildman–Crippen LogP) is 4.77. The molecule has 1 heterocycles. The standard InChI is InChI=1S/C14H8ClF2N/c15-10-2-1-3-13-9(10)7-14(18-13)8-4-5-11(16)12(17)6-8/h1-7,18H. The van der Waals surface area contributed by atoms with Crippen molar-refractivity contribution in [2.45, 2.75) is 0 Å². The zero-order valence-electron chi connectivity index (χ0n) is 9.18. The lowest BCUT2D eigenvalue weighted by Crippen LogP contribution is -1.85. The monoisotopic (exact) mass is 263 g/mol. The average molecular weight is 264 g/mol. The Labute approximate surface area is 107 Å². The fraction of sp³-hybridized carbons (Fsp3) is 0. The fourth-order valence-electron chi connectivity index (χ4n) is 1.94. The van der Waals surface area contributed by atoms with Crippen LogP contribution in [-0.4, -0.2) is 4.98 Å². The molecule has 90 valence electrons.